The zero-order chi connectivity index (χ0) is 15.3. The molecule has 7 heteroatoms. The van der Waals surface area contributed by atoms with Crippen molar-refractivity contribution in [2.45, 2.75) is 20.3 Å². The molecule has 0 aliphatic rings. The van der Waals surface area contributed by atoms with Crippen LogP contribution in [0.15, 0.2) is 28.8 Å². The van der Waals surface area contributed by atoms with Crippen LogP contribution in [0.5, 0.6) is 0 Å². The van der Waals surface area contributed by atoms with Gasteiger partial charge >= 0.3 is 11.9 Å². The second kappa shape index (κ2) is 11.8. The molecule has 0 amide bonds. The summed E-state index contributed by atoms with van der Waals surface area (Å²) < 4.78 is 0. The summed E-state index contributed by atoms with van der Waals surface area (Å²) in [4.78, 5) is 37.1. The Morgan fingerprint density at radius 3 is 2.42 bits per heavy atom. The van der Waals surface area contributed by atoms with Crippen molar-refractivity contribution < 1.29 is 24.3 Å². The van der Waals surface area contributed by atoms with E-state index in [4.69, 9.17) is 11.7 Å². The molecule has 1 N–H and O–H groups in total. The van der Waals surface area contributed by atoms with Crippen LogP contribution >= 0.6 is 0 Å². The van der Waals surface area contributed by atoms with Crippen LogP contribution in [-0.2, 0) is 19.2 Å². The van der Waals surface area contributed by atoms with Gasteiger partial charge in [-0.2, -0.15) is 6.57 Å². The molecule has 0 atom stereocenters. The van der Waals surface area contributed by atoms with Gasteiger partial charge in [0.25, 0.3) is 0 Å². The van der Waals surface area contributed by atoms with Crippen molar-refractivity contribution in [1.29, 1.82) is 0 Å². The quantitative estimate of drug-likeness (QED) is 0.204. The van der Waals surface area contributed by atoms with Crippen LogP contribution in [-0.4, -0.2) is 29.7 Å². The van der Waals surface area contributed by atoms with E-state index in [2.05, 4.69) is 21.4 Å². The molecule has 0 heterocycles. The number of aliphatic carboxylic acids is 1. The Hall–Kier alpha value is -2.71. The molecule has 0 saturated heterocycles. The van der Waals surface area contributed by atoms with Crippen molar-refractivity contribution in [3.63, 3.8) is 0 Å². The van der Waals surface area contributed by atoms with Gasteiger partial charge in [0, 0.05) is 11.1 Å². The summed E-state index contributed by atoms with van der Waals surface area (Å²) in [6.07, 6.45) is 3.35. The third kappa shape index (κ3) is 13.2. The van der Waals surface area contributed by atoms with Gasteiger partial charge in [-0.15, -0.1) is 4.84 Å². The Kier molecular flexibility index (Phi) is 11.5. The van der Waals surface area contributed by atoms with Gasteiger partial charge in [-0.05, 0) is 25.3 Å². The van der Waals surface area contributed by atoms with Crippen LogP contribution in [0.3, 0.4) is 0 Å². The van der Waals surface area contributed by atoms with Gasteiger partial charge in [0.1, 0.15) is 0 Å². The Bertz CT molecular complexity index is 453. The van der Waals surface area contributed by atoms with Crippen molar-refractivity contribution in [2.75, 3.05) is 6.54 Å². The molecule has 0 radical (unpaired) electrons. The fraction of sp³-hybridized carbons (Fsp3) is 0.333. The van der Waals surface area contributed by atoms with Gasteiger partial charge in [-0.25, -0.2) is 19.4 Å². The third-order valence-corrected chi connectivity index (χ3v) is 1.57. The standard InChI is InChI=1S/C7H9NO3.C5H5NO2/c1-6(7(10)11)3-2-4-8-5-9;1-4(2)5(7)8-6-3/h3H,2,4H2,1H3,(H,10,11);1H2,2H3. The molecule has 0 aliphatic carbocycles. The predicted octanol–water partition coefficient (Wildman–Crippen LogP) is 1.68. The summed E-state index contributed by atoms with van der Waals surface area (Å²) in [5.74, 6) is -1.61. The highest BCUT2D eigenvalue weighted by molar-refractivity contribution is 5.87. The number of hydrogen-bond acceptors (Lipinski definition) is 5. The largest absolute Gasteiger partial charge is 0.478 e. The minimum Gasteiger partial charge on any atom is -0.478 e. The topological polar surface area (TPSA) is 97.4 Å². The van der Waals surface area contributed by atoms with Gasteiger partial charge in [-0.1, -0.05) is 12.7 Å². The molecule has 0 aromatic rings. The zero-order valence-corrected chi connectivity index (χ0v) is 10.7. The maximum atomic E-state index is 10.2. The normalized spacial score (nSPS) is 9.00. The van der Waals surface area contributed by atoms with Crippen molar-refractivity contribution >= 4 is 18.0 Å². The molecule has 0 aromatic heterocycles. The smallest absolute Gasteiger partial charge is 0.421 e. The first-order chi connectivity index (χ1) is 8.86. The molecule has 0 rings (SSSR count). The monoisotopic (exact) mass is 266 g/mol. The Labute approximate surface area is 110 Å². The average molecular weight is 266 g/mol. The number of carbonyl (C=O) groups excluding carboxylic acids is 2. The van der Waals surface area contributed by atoms with E-state index >= 15 is 0 Å². The van der Waals surface area contributed by atoms with Gasteiger partial charge < -0.3 is 5.11 Å². The SMILES string of the molecule is CC(=CCCN=C=O)C(=O)O.[C-]#[N+]OC(=O)C(=C)C. The van der Waals surface area contributed by atoms with Gasteiger partial charge in [-0.3, -0.25) is 0 Å². The highest BCUT2D eigenvalue weighted by Gasteiger charge is 2.04. The highest BCUT2D eigenvalue weighted by atomic mass is 16.7. The number of carboxylic acid groups (broad SMARTS) is 1. The van der Waals surface area contributed by atoms with Crippen molar-refractivity contribution in [3.05, 3.63) is 35.4 Å². The van der Waals surface area contributed by atoms with E-state index in [1.807, 2.05) is 0 Å². The summed E-state index contributed by atoms with van der Waals surface area (Å²) >= 11 is 0. The van der Waals surface area contributed by atoms with Crippen molar-refractivity contribution in [2.24, 2.45) is 4.99 Å². The molecule has 19 heavy (non-hydrogen) atoms. The van der Waals surface area contributed by atoms with E-state index in [9.17, 15) is 14.4 Å². The summed E-state index contributed by atoms with van der Waals surface area (Å²) in [6.45, 7) is 12.6. The lowest BCUT2D eigenvalue weighted by Crippen LogP contribution is -1.97. The number of hydrogen-bond donors (Lipinski definition) is 1. The number of aliphatic imine (C=N–C) groups is 1. The molecule has 0 aromatic carbocycles. The zero-order valence-electron chi connectivity index (χ0n) is 10.7. The fourth-order valence-corrected chi connectivity index (χ4v) is 0.598. The van der Waals surface area contributed by atoms with Gasteiger partial charge in [0.15, 0.2) is 0 Å². The van der Waals surface area contributed by atoms with Crippen molar-refractivity contribution in [1.82, 2.24) is 0 Å². The highest BCUT2D eigenvalue weighted by Crippen LogP contribution is 1.94. The third-order valence-electron chi connectivity index (χ3n) is 1.57. The minimum atomic E-state index is -0.944. The van der Waals surface area contributed by atoms with Gasteiger partial charge in [0.2, 0.25) is 6.08 Å². The first-order valence-electron chi connectivity index (χ1n) is 5.04. The number of carbonyl (C=O) groups is 2. The van der Waals surface area contributed by atoms with Crippen molar-refractivity contribution in [3.8, 4) is 0 Å². The summed E-state index contributed by atoms with van der Waals surface area (Å²) in [5, 5.41) is 10.8. The van der Waals surface area contributed by atoms with Gasteiger partial charge in [0.05, 0.1) is 6.54 Å². The molecule has 0 fully saturated rings. The van der Waals surface area contributed by atoms with E-state index < -0.39 is 11.9 Å². The number of nitrogens with zero attached hydrogens (tertiary/aromatic N) is 2. The molecule has 0 unspecified atom stereocenters. The fourth-order valence-electron chi connectivity index (χ4n) is 0.598. The first kappa shape index (κ1) is 18.6. The lowest BCUT2D eigenvalue weighted by Gasteiger charge is -1.89. The lowest BCUT2D eigenvalue weighted by molar-refractivity contribution is -0.134. The summed E-state index contributed by atoms with van der Waals surface area (Å²) in [6, 6.07) is 0. The van der Waals surface area contributed by atoms with E-state index in [-0.39, 0.29) is 11.1 Å². The number of carboxylic acids is 1. The molecule has 0 saturated carbocycles. The maximum absolute atomic E-state index is 10.2. The molecule has 7 nitrogen and oxygen atoms in total. The van der Waals surface area contributed by atoms with E-state index in [1.165, 1.54) is 26.0 Å². The molecule has 0 spiro atoms. The second-order valence-electron chi connectivity index (χ2n) is 3.20. The predicted molar refractivity (Wildman–Crippen MR) is 66.5 cm³/mol. The molecular formula is C12H14N2O5. The summed E-state index contributed by atoms with van der Waals surface area (Å²) in [7, 11) is 0. The maximum Gasteiger partial charge on any atom is 0.421 e. The Balaban J connectivity index is 0. The van der Waals surface area contributed by atoms with Crippen LogP contribution in [0.2, 0.25) is 0 Å². The molecular weight excluding hydrogens is 252 g/mol. The molecule has 0 bridgehead atoms. The van der Waals surface area contributed by atoms with E-state index in [0.717, 1.165) is 0 Å². The number of isocyanates is 1. The summed E-state index contributed by atoms with van der Waals surface area (Å²) in [5.41, 5.74) is 0.507. The molecule has 0 aliphatic heterocycles. The first-order valence-corrected chi connectivity index (χ1v) is 5.04. The lowest BCUT2D eigenvalue weighted by atomic mass is 10.2. The van der Waals surface area contributed by atoms with E-state index in [0.29, 0.717) is 13.0 Å². The molecule has 102 valence electrons. The Morgan fingerprint density at radius 1 is 1.53 bits per heavy atom. The second-order valence-corrected chi connectivity index (χ2v) is 3.20. The Morgan fingerprint density at radius 2 is 2.11 bits per heavy atom. The van der Waals surface area contributed by atoms with E-state index in [1.54, 1.807) is 0 Å². The van der Waals surface area contributed by atoms with Crippen LogP contribution < -0.4 is 0 Å². The minimum absolute atomic E-state index is 0.237. The average Bonchev–Trinajstić information content (AvgIpc) is 2.35. The number of rotatable bonds is 5. The van der Waals surface area contributed by atoms with Crippen LogP contribution in [0.4, 0.5) is 0 Å². The van der Waals surface area contributed by atoms with Crippen LogP contribution in [0.1, 0.15) is 20.3 Å². The van der Waals surface area contributed by atoms with Crippen LogP contribution in [0.25, 0.3) is 5.01 Å². The van der Waals surface area contributed by atoms with Crippen LogP contribution in [0, 0.1) is 6.57 Å².